The van der Waals surface area contributed by atoms with Crippen LogP contribution in [0.3, 0.4) is 0 Å². The Bertz CT molecular complexity index is 391. The Morgan fingerprint density at radius 1 is 1.18 bits per heavy atom. The average Bonchev–Trinajstić information content (AvgIpc) is 2.33. The zero-order chi connectivity index (χ0) is 13.0. The molecule has 96 valence electrons. The van der Waals surface area contributed by atoms with Gasteiger partial charge in [0, 0.05) is 5.56 Å². The summed E-state index contributed by atoms with van der Waals surface area (Å²) in [5.41, 5.74) is 0.931. The molecule has 0 aliphatic carbocycles. The zero-order valence-corrected chi connectivity index (χ0v) is 11.1. The third-order valence-electron chi connectivity index (χ3n) is 2.41. The van der Waals surface area contributed by atoms with Gasteiger partial charge in [-0.3, -0.25) is 0 Å². The minimum atomic E-state index is -0.283. The van der Waals surface area contributed by atoms with Gasteiger partial charge in [-0.1, -0.05) is 27.7 Å². The molecule has 0 fully saturated rings. The predicted octanol–water partition coefficient (Wildman–Crippen LogP) is 3.45. The van der Waals surface area contributed by atoms with E-state index >= 15 is 0 Å². The molecule has 0 bridgehead atoms. The minimum Gasteiger partial charge on any atom is -0.484 e. The van der Waals surface area contributed by atoms with Crippen molar-refractivity contribution in [2.75, 3.05) is 13.2 Å². The quantitative estimate of drug-likeness (QED) is 0.754. The van der Waals surface area contributed by atoms with Crippen molar-refractivity contribution in [2.45, 2.75) is 40.5 Å². The van der Waals surface area contributed by atoms with Crippen molar-refractivity contribution in [2.24, 2.45) is 0 Å². The van der Waals surface area contributed by atoms with Gasteiger partial charge in [0.05, 0.1) is 5.69 Å². The van der Waals surface area contributed by atoms with Crippen LogP contribution in [0.2, 0.25) is 0 Å². The summed E-state index contributed by atoms with van der Waals surface area (Å²) in [6.07, 6.45) is 0. The fourth-order valence-electron chi connectivity index (χ4n) is 1.70. The van der Waals surface area contributed by atoms with Crippen LogP contribution in [0.4, 0.5) is 4.39 Å². The molecule has 1 aliphatic heterocycles. The Morgan fingerprint density at radius 2 is 1.76 bits per heavy atom. The molecule has 2 rings (SSSR count). The highest BCUT2D eigenvalue weighted by Crippen LogP contribution is 2.38. The van der Waals surface area contributed by atoms with E-state index < -0.39 is 0 Å². The van der Waals surface area contributed by atoms with Crippen molar-refractivity contribution in [3.05, 3.63) is 17.1 Å². The van der Waals surface area contributed by atoms with E-state index in [1.807, 2.05) is 27.7 Å². The molecule has 1 aromatic rings. The maximum Gasteiger partial charge on any atom is 0.257 e. The fourth-order valence-corrected chi connectivity index (χ4v) is 1.70. The first-order chi connectivity index (χ1) is 8.11. The number of fused-ring (bicyclic) bond motifs is 1. The normalized spacial score (nSPS) is 13.1. The number of halogens is 1. The predicted molar refractivity (Wildman–Crippen MR) is 65.4 cm³/mol. The summed E-state index contributed by atoms with van der Waals surface area (Å²) in [5, 5.41) is 0. The highest BCUT2D eigenvalue weighted by Gasteiger charge is 2.24. The topological polar surface area (TPSA) is 31.4 Å². The van der Waals surface area contributed by atoms with E-state index in [0.717, 1.165) is 0 Å². The zero-order valence-electron chi connectivity index (χ0n) is 11.1. The van der Waals surface area contributed by atoms with Gasteiger partial charge in [-0.05, 0) is 12.8 Å². The van der Waals surface area contributed by atoms with Crippen LogP contribution >= 0.6 is 0 Å². The molecular weight excluding hydrogens is 221 g/mol. The van der Waals surface area contributed by atoms with Crippen LogP contribution in [-0.2, 0) is 0 Å². The van der Waals surface area contributed by atoms with Crippen LogP contribution in [-0.4, -0.2) is 18.2 Å². The first-order valence-corrected chi connectivity index (χ1v) is 6.07. The first-order valence-electron chi connectivity index (χ1n) is 6.07. The molecule has 0 atom stereocenters. The molecule has 0 saturated heterocycles. The van der Waals surface area contributed by atoms with Crippen LogP contribution < -0.4 is 9.47 Å². The van der Waals surface area contributed by atoms with Crippen molar-refractivity contribution < 1.29 is 13.9 Å². The Hall–Kier alpha value is -1.32. The number of hydrogen-bond donors (Lipinski definition) is 0. The number of pyridine rings is 1. The maximum absolute atomic E-state index is 13.8. The lowest BCUT2D eigenvalue weighted by Gasteiger charge is -2.22. The average molecular weight is 241 g/mol. The van der Waals surface area contributed by atoms with Gasteiger partial charge in [-0.25, -0.2) is 9.37 Å². The lowest BCUT2D eigenvalue weighted by atomic mass is 10.0. The smallest absolute Gasteiger partial charge is 0.257 e. The van der Waals surface area contributed by atoms with Gasteiger partial charge in [0.15, 0.2) is 11.6 Å². The standard InChI is InChI=1S/C11H14FNO2.C2H6/c1-6(2)8-9(12)7(3)13-11-10(8)14-4-5-15-11;1-2/h6H,4-5H2,1-3H3;1-2H3. The monoisotopic (exact) mass is 241 g/mol. The molecular formula is C13H20FNO2. The lowest BCUT2D eigenvalue weighted by molar-refractivity contribution is 0.160. The molecule has 0 saturated carbocycles. The van der Waals surface area contributed by atoms with E-state index in [4.69, 9.17) is 9.47 Å². The molecule has 0 N–H and O–H groups in total. The van der Waals surface area contributed by atoms with Gasteiger partial charge in [-0.2, -0.15) is 0 Å². The molecule has 0 amide bonds. The summed E-state index contributed by atoms with van der Waals surface area (Å²) in [7, 11) is 0. The Morgan fingerprint density at radius 3 is 2.35 bits per heavy atom. The molecule has 0 unspecified atom stereocenters. The molecule has 1 aliphatic rings. The number of nitrogens with zero attached hydrogens (tertiary/aromatic N) is 1. The van der Waals surface area contributed by atoms with Gasteiger partial charge in [-0.15, -0.1) is 0 Å². The summed E-state index contributed by atoms with van der Waals surface area (Å²) < 4.78 is 24.6. The number of hydrogen-bond acceptors (Lipinski definition) is 3. The third-order valence-corrected chi connectivity index (χ3v) is 2.41. The molecule has 2 heterocycles. The molecule has 3 nitrogen and oxygen atoms in total. The van der Waals surface area contributed by atoms with E-state index in [2.05, 4.69) is 4.98 Å². The molecule has 0 aromatic carbocycles. The summed E-state index contributed by atoms with van der Waals surface area (Å²) >= 11 is 0. The largest absolute Gasteiger partial charge is 0.484 e. The number of ether oxygens (including phenoxy) is 2. The highest BCUT2D eigenvalue weighted by atomic mass is 19.1. The van der Waals surface area contributed by atoms with E-state index in [1.165, 1.54) is 0 Å². The second-order valence-corrected chi connectivity index (χ2v) is 3.91. The fraction of sp³-hybridized carbons (Fsp3) is 0.615. The van der Waals surface area contributed by atoms with Crippen LogP contribution in [0, 0.1) is 12.7 Å². The number of aryl methyl sites for hydroxylation is 1. The van der Waals surface area contributed by atoms with Crippen molar-refractivity contribution in [1.29, 1.82) is 0 Å². The van der Waals surface area contributed by atoms with E-state index in [-0.39, 0.29) is 11.7 Å². The SMILES string of the molecule is CC.Cc1nc2c(c(C(C)C)c1F)OCCO2. The maximum atomic E-state index is 13.8. The van der Waals surface area contributed by atoms with Crippen molar-refractivity contribution in [3.63, 3.8) is 0 Å². The Labute approximate surface area is 102 Å². The minimum absolute atomic E-state index is 0.0575. The van der Waals surface area contributed by atoms with Crippen LogP contribution in [0.15, 0.2) is 0 Å². The number of rotatable bonds is 1. The lowest BCUT2D eigenvalue weighted by Crippen LogP contribution is -2.19. The second kappa shape index (κ2) is 5.84. The summed E-state index contributed by atoms with van der Waals surface area (Å²) in [4.78, 5) is 4.03. The highest BCUT2D eigenvalue weighted by molar-refractivity contribution is 5.46. The summed E-state index contributed by atoms with van der Waals surface area (Å²) in [6.45, 7) is 10.4. The van der Waals surface area contributed by atoms with Gasteiger partial charge >= 0.3 is 0 Å². The van der Waals surface area contributed by atoms with Crippen LogP contribution in [0.25, 0.3) is 0 Å². The molecule has 0 spiro atoms. The molecule has 4 heteroatoms. The molecule has 1 aromatic heterocycles. The van der Waals surface area contributed by atoms with E-state index in [9.17, 15) is 4.39 Å². The summed E-state index contributed by atoms with van der Waals surface area (Å²) in [5.74, 6) is 0.666. The van der Waals surface area contributed by atoms with Crippen LogP contribution in [0.5, 0.6) is 11.6 Å². The van der Waals surface area contributed by atoms with Crippen molar-refractivity contribution in [1.82, 2.24) is 4.98 Å². The van der Waals surface area contributed by atoms with Gasteiger partial charge in [0.25, 0.3) is 5.88 Å². The third kappa shape index (κ3) is 2.68. The Kier molecular flexibility index (Phi) is 4.73. The van der Waals surface area contributed by atoms with Crippen molar-refractivity contribution >= 4 is 0 Å². The second-order valence-electron chi connectivity index (χ2n) is 3.91. The summed E-state index contributed by atoms with van der Waals surface area (Å²) in [6, 6.07) is 0. The number of aromatic nitrogens is 1. The van der Waals surface area contributed by atoms with Crippen LogP contribution in [0.1, 0.15) is 44.9 Å². The molecule has 0 radical (unpaired) electrons. The van der Waals surface area contributed by atoms with Crippen molar-refractivity contribution in [3.8, 4) is 11.6 Å². The molecule has 17 heavy (non-hydrogen) atoms. The Balaban J connectivity index is 0.000000686. The van der Waals surface area contributed by atoms with Gasteiger partial charge in [0.1, 0.15) is 13.2 Å². The first kappa shape index (κ1) is 13.7. The van der Waals surface area contributed by atoms with Gasteiger partial charge < -0.3 is 9.47 Å². The van der Waals surface area contributed by atoms with E-state index in [1.54, 1.807) is 6.92 Å². The van der Waals surface area contributed by atoms with E-state index in [0.29, 0.717) is 36.1 Å². The van der Waals surface area contributed by atoms with Gasteiger partial charge in [0.2, 0.25) is 0 Å².